The number of phenolic OH excluding ortho intramolecular Hbond substituents is 12. The molecule has 0 saturated heterocycles. The maximum Gasteiger partial charge on any atom is 0.348 e. The molecule has 0 unspecified atom stereocenters. The molecule has 0 saturated carbocycles. The van der Waals surface area contributed by atoms with Crippen molar-refractivity contribution in [3.63, 3.8) is 0 Å². The molecule has 0 aromatic heterocycles. The Kier molecular flexibility index (Phi) is 12.7. The first kappa shape index (κ1) is 45.2. The van der Waals surface area contributed by atoms with Gasteiger partial charge in [0.1, 0.15) is 103 Å². The van der Waals surface area contributed by atoms with E-state index in [9.17, 15) is 61.3 Å². The summed E-state index contributed by atoms with van der Waals surface area (Å²) < 4.78 is 13.8. The number of phenols is 12. The zero-order chi connectivity index (χ0) is 47.2. The molecule has 1 aliphatic heterocycles. The number of benzene rings is 6. The van der Waals surface area contributed by atoms with Crippen molar-refractivity contribution in [3.8, 4) is 69.0 Å². The molecule has 1 heterocycles. The van der Waals surface area contributed by atoms with Gasteiger partial charge in [0, 0.05) is 36.4 Å². The fraction of sp³-hybridized carbons (Fsp3) is 0. The van der Waals surface area contributed by atoms with Gasteiger partial charge in [-0.15, -0.1) is 30.7 Å². The van der Waals surface area contributed by atoms with Crippen molar-refractivity contribution in [2.24, 2.45) is 73.5 Å². The third-order valence-corrected chi connectivity index (χ3v) is 15.8. The molecule has 0 bridgehead atoms. The van der Waals surface area contributed by atoms with Crippen LogP contribution in [0.15, 0.2) is 183 Å². The molecule has 0 spiro atoms. The Balaban J connectivity index is 1.69. The molecule has 6 aromatic rings. The molecular formula is C36H30N15O12P3. The molecule has 12 N–H and O–H groups in total. The Morgan fingerprint density at radius 3 is 0.545 bits per heavy atom. The van der Waals surface area contributed by atoms with E-state index in [4.69, 9.17) is 0 Å². The summed E-state index contributed by atoms with van der Waals surface area (Å²) in [7, 11) is -14.6. The normalized spacial score (nSPS) is 19.8. The first-order chi connectivity index (χ1) is 31.4. The summed E-state index contributed by atoms with van der Waals surface area (Å²) in [4.78, 5) is 25.5. The molecule has 0 amide bonds. The van der Waals surface area contributed by atoms with Gasteiger partial charge in [-0.25, -0.2) is 0 Å². The van der Waals surface area contributed by atoms with Crippen LogP contribution in [-0.2, 0) is 0 Å². The van der Waals surface area contributed by atoms with Crippen LogP contribution in [0.5, 0.6) is 69.0 Å². The van der Waals surface area contributed by atoms with E-state index in [-0.39, 0.29) is 0 Å². The van der Waals surface area contributed by atoms with Crippen LogP contribution in [0.1, 0.15) is 0 Å². The standard InChI is InChI=1S/C36H30N15O12P3/c52-19-1-7-31(58)25(13-19)37-43-64(44-38-26-14-20(53)2-8-32(26)59)49-65(45-39-27-15-21(54)3-9-33(27)60,46-40-28-16-22(55)4-10-34(28)61)51-66(50-64,47-41-29-17-23(56)5-11-35(29)62)48-42-30-18-24(57)6-12-36(30)63/h1-18,52-63H. The van der Waals surface area contributed by atoms with Crippen LogP contribution in [0.2, 0.25) is 0 Å². The average molecular weight is 958 g/mol. The van der Waals surface area contributed by atoms with Gasteiger partial charge in [-0.3, -0.25) is 0 Å². The minimum Gasteiger partial charge on any atom is -0.508 e. The lowest BCUT2D eigenvalue weighted by molar-refractivity contribution is 0.461. The lowest BCUT2D eigenvalue weighted by Crippen LogP contribution is -1.83. The quantitative estimate of drug-likeness (QED) is 0.0309. The molecule has 6 aromatic carbocycles. The van der Waals surface area contributed by atoms with E-state index in [1.54, 1.807) is 0 Å². The van der Waals surface area contributed by atoms with Crippen molar-refractivity contribution in [1.82, 2.24) is 0 Å². The Labute approximate surface area is 368 Å². The van der Waals surface area contributed by atoms with Gasteiger partial charge in [0.2, 0.25) is 0 Å². The smallest absolute Gasteiger partial charge is 0.348 e. The zero-order valence-corrected chi connectivity index (χ0v) is 35.5. The van der Waals surface area contributed by atoms with Gasteiger partial charge in [0.05, 0.1) is 0 Å². The summed E-state index contributed by atoms with van der Waals surface area (Å²) in [5.74, 6) is -5.79. The van der Waals surface area contributed by atoms with Gasteiger partial charge in [-0.1, -0.05) is 29.3 Å². The Morgan fingerprint density at radius 2 is 0.394 bits per heavy atom. The summed E-state index contributed by atoms with van der Waals surface area (Å²) in [6.45, 7) is 0. The Hall–Kier alpha value is -8.79. The second-order valence-electron chi connectivity index (χ2n) is 13.1. The van der Waals surface area contributed by atoms with Gasteiger partial charge in [-0.2, -0.15) is 13.5 Å². The number of hydrogen-bond donors (Lipinski definition) is 12. The third kappa shape index (κ3) is 10.7. The van der Waals surface area contributed by atoms with E-state index in [2.05, 4.69) is 73.5 Å². The molecular weight excluding hydrogens is 927 g/mol. The summed E-state index contributed by atoms with van der Waals surface area (Å²) in [6, 6.07) is 18.8. The van der Waals surface area contributed by atoms with Gasteiger partial charge in [0.25, 0.3) is 0 Å². The SMILES string of the molecule is Oc1ccc(O)c(N=NP2(N=Nc3cc(O)ccc3O)=NP(N=Nc3cc(O)ccc3O)(N=Nc3cc(O)ccc3O)=NP(N=Nc3cc(O)ccc3O)(N=Nc3cc(O)ccc3O)=N2)c1. The highest BCUT2D eigenvalue weighted by Crippen LogP contribution is 2.83. The molecule has 7 rings (SSSR count). The van der Waals surface area contributed by atoms with Crippen molar-refractivity contribution in [1.29, 1.82) is 0 Å². The fourth-order valence-electron chi connectivity index (χ4n) is 5.01. The van der Waals surface area contributed by atoms with Crippen LogP contribution >= 0.6 is 22.5 Å². The van der Waals surface area contributed by atoms with Crippen molar-refractivity contribution in [2.75, 3.05) is 0 Å². The number of aromatic hydroxyl groups is 12. The highest BCUT2D eigenvalue weighted by Gasteiger charge is 2.41. The minimum atomic E-state index is -4.88. The summed E-state index contributed by atoms with van der Waals surface area (Å²) in [5, 5.41) is 150. The van der Waals surface area contributed by atoms with Crippen LogP contribution in [0, 0.1) is 0 Å². The van der Waals surface area contributed by atoms with Crippen molar-refractivity contribution in [3.05, 3.63) is 109 Å². The number of rotatable bonds is 12. The van der Waals surface area contributed by atoms with Crippen molar-refractivity contribution >= 4 is 56.6 Å². The van der Waals surface area contributed by atoms with Crippen LogP contribution in [0.4, 0.5) is 34.1 Å². The maximum atomic E-state index is 10.7. The molecule has 30 heteroatoms. The van der Waals surface area contributed by atoms with Crippen molar-refractivity contribution < 1.29 is 61.3 Å². The summed E-state index contributed by atoms with van der Waals surface area (Å²) in [5.41, 5.74) is -2.58. The molecule has 66 heavy (non-hydrogen) atoms. The largest absolute Gasteiger partial charge is 0.508 e. The lowest BCUT2D eigenvalue weighted by atomic mass is 10.3. The molecule has 0 fully saturated rings. The first-order valence-electron chi connectivity index (χ1n) is 18.1. The molecule has 0 aliphatic carbocycles. The molecule has 336 valence electrons. The highest BCUT2D eigenvalue weighted by atomic mass is 31.3. The van der Waals surface area contributed by atoms with E-state index in [1.165, 1.54) is 0 Å². The average Bonchev–Trinajstić information content (AvgIpc) is 3.28. The fourth-order valence-corrected chi connectivity index (χ4v) is 13.4. The van der Waals surface area contributed by atoms with Gasteiger partial charge >= 0.3 is 22.5 Å². The highest BCUT2D eigenvalue weighted by molar-refractivity contribution is 7.84. The number of hydrogen-bond acceptors (Lipinski definition) is 27. The van der Waals surface area contributed by atoms with E-state index in [1.807, 2.05) is 0 Å². The van der Waals surface area contributed by atoms with Crippen LogP contribution in [-0.4, -0.2) is 61.3 Å². The Bertz CT molecular complexity index is 2720. The van der Waals surface area contributed by atoms with Gasteiger partial charge < -0.3 is 61.3 Å². The van der Waals surface area contributed by atoms with Gasteiger partial charge in [0.15, 0.2) is 0 Å². The van der Waals surface area contributed by atoms with E-state index < -0.39 is 126 Å². The second-order valence-corrected chi connectivity index (χ2v) is 19.5. The van der Waals surface area contributed by atoms with Crippen LogP contribution in [0.25, 0.3) is 0 Å². The second kappa shape index (κ2) is 18.5. The molecule has 1 aliphatic rings. The zero-order valence-electron chi connectivity index (χ0n) is 32.8. The first-order valence-corrected chi connectivity index (χ1v) is 22.9. The number of nitrogens with zero attached hydrogens (tertiary/aromatic N) is 15. The molecule has 0 radical (unpaired) electrons. The molecule has 0 atom stereocenters. The lowest BCUT2D eigenvalue weighted by Gasteiger charge is -2.21. The van der Waals surface area contributed by atoms with E-state index in [0.717, 1.165) is 109 Å². The predicted octanol–water partition coefficient (Wildman–Crippen LogP) is 13.0. The summed E-state index contributed by atoms with van der Waals surface area (Å²) >= 11 is 0. The summed E-state index contributed by atoms with van der Waals surface area (Å²) in [6.07, 6.45) is 0. The van der Waals surface area contributed by atoms with Crippen LogP contribution < -0.4 is 0 Å². The third-order valence-electron chi connectivity index (χ3n) is 8.11. The monoisotopic (exact) mass is 957 g/mol. The minimum absolute atomic E-state index is 0.407. The van der Waals surface area contributed by atoms with Gasteiger partial charge in [-0.05, 0) is 72.8 Å². The molecule has 27 nitrogen and oxygen atoms in total. The van der Waals surface area contributed by atoms with E-state index in [0.29, 0.717) is 0 Å². The predicted molar refractivity (Wildman–Crippen MR) is 234 cm³/mol. The topological polar surface area (TPSA) is 428 Å². The van der Waals surface area contributed by atoms with Crippen molar-refractivity contribution in [2.45, 2.75) is 0 Å². The van der Waals surface area contributed by atoms with E-state index >= 15 is 0 Å². The Morgan fingerprint density at radius 1 is 0.242 bits per heavy atom. The van der Waals surface area contributed by atoms with Crippen LogP contribution in [0.3, 0.4) is 0 Å². The maximum absolute atomic E-state index is 10.7.